The van der Waals surface area contributed by atoms with Crippen LogP contribution in [0.25, 0.3) is 10.9 Å². The number of fused-ring (bicyclic) bond motifs is 1. The maximum atomic E-state index is 14.9. The molecule has 2 aromatic heterocycles. The van der Waals surface area contributed by atoms with Gasteiger partial charge in [0, 0.05) is 67.5 Å². The summed E-state index contributed by atoms with van der Waals surface area (Å²) in [5.41, 5.74) is 14.8. The van der Waals surface area contributed by atoms with E-state index in [1.165, 1.54) is 72.8 Å². The summed E-state index contributed by atoms with van der Waals surface area (Å²) in [6.07, 6.45) is 4.93. The maximum absolute atomic E-state index is 14.9. The molecular weight excluding hydrogens is 1280 g/mol. The largest absolute Gasteiger partial charge is 0.508 e. The number of nitrogens with one attached hydrogen (secondary N) is 11. The SMILES string of the molecule is CC[C@H](C)[C@H](NC(=O)[C@H](Cc1c[nH]c2ccccc12)NC(=O)[C@H](Cc1ccccc1)NC(=O)CN)C(=O)N[C@@H](CCCCN)C(=O)N[C@@H](CCC(=O)O)C(=O)N[C@@H](Cc1ccc(O)cc1)C(=O)N[C@@H](Cc1ccc(O)cc1)C(=O)N[C@@H](CCSC)C(=O)N[C@@H](Cc1cnc[nH]1)C(=O)O. The first-order chi connectivity index (χ1) is 47.0. The van der Waals surface area contributed by atoms with Crippen LogP contribution in [-0.4, -0.2) is 180 Å². The van der Waals surface area contributed by atoms with Crippen LogP contribution in [0.4, 0.5) is 0 Å². The van der Waals surface area contributed by atoms with Crippen molar-refractivity contribution in [2.24, 2.45) is 17.4 Å². The number of carboxylic acids is 2. The van der Waals surface area contributed by atoms with E-state index in [1.807, 2.05) is 18.2 Å². The van der Waals surface area contributed by atoms with Crippen molar-refractivity contribution in [1.82, 2.24) is 62.8 Å². The van der Waals surface area contributed by atoms with Crippen molar-refractivity contribution < 1.29 is 73.2 Å². The van der Waals surface area contributed by atoms with Gasteiger partial charge < -0.3 is 89.7 Å². The van der Waals surface area contributed by atoms with Gasteiger partial charge in [0.2, 0.25) is 53.2 Å². The van der Waals surface area contributed by atoms with Crippen LogP contribution in [0.15, 0.2) is 122 Å². The number of aromatic nitrogens is 3. The van der Waals surface area contributed by atoms with Gasteiger partial charge in [-0.2, -0.15) is 11.8 Å². The van der Waals surface area contributed by atoms with Crippen molar-refractivity contribution in [3.63, 3.8) is 0 Å². The lowest BCUT2D eigenvalue weighted by atomic mass is 9.96. The van der Waals surface area contributed by atoms with Crippen molar-refractivity contribution >= 4 is 87.8 Å². The molecule has 10 atom stereocenters. The van der Waals surface area contributed by atoms with E-state index < -0.39 is 145 Å². The topological polar surface area (TPSA) is 473 Å². The zero-order valence-corrected chi connectivity index (χ0v) is 55.5. The molecule has 0 saturated carbocycles. The Morgan fingerprint density at radius 1 is 0.510 bits per heavy atom. The monoisotopic (exact) mass is 1370 g/mol. The fourth-order valence-electron chi connectivity index (χ4n) is 10.7. The fourth-order valence-corrected chi connectivity index (χ4v) is 11.1. The fraction of sp³-hybridized carbons (Fsp3) is 0.412. The third-order valence-electron chi connectivity index (χ3n) is 16.4. The van der Waals surface area contributed by atoms with Gasteiger partial charge in [0.15, 0.2) is 0 Å². The van der Waals surface area contributed by atoms with Crippen LogP contribution < -0.4 is 59.3 Å². The van der Waals surface area contributed by atoms with E-state index in [1.54, 1.807) is 62.7 Å². The third kappa shape index (κ3) is 24.4. The third-order valence-corrected chi connectivity index (χ3v) is 17.0. The number of unbranched alkanes of at least 4 members (excludes halogenated alkanes) is 1. The quantitative estimate of drug-likeness (QED) is 0.0238. The van der Waals surface area contributed by atoms with Crippen LogP contribution in [0, 0.1) is 5.92 Å². The smallest absolute Gasteiger partial charge is 0.326 e. The first-order valence-electron chi connectivity index (χ1n) is 32.2. The van der Waals surface area contributed by atoms with E-state index in [-0.39, 0.29) is 69.4 Å². The average Bonchev–Trinajstić information content (AvgIpc) is 1.61. The van der Waals surface area contributed by atoms with Crippen molar-refractivity contribution in [2.45, 2.75) is 145 Å². The van der Waals surface area contributed by atoms with E-state index >= 15 is 0 Å². The van der Waals surface area contributed by atoms with E-state index in [0.717, 1.165) is 10.9 Å². The van der Waals surface area contributed by atoms with Crippen LogP contribution in [0.3, 0.4) is 0 Å². The number of nitrogens with zero attached hydrogens (tertiary/aromatic N) is 1. The summed E-state index contributed by atoms with van der Waals surface area (Å²) < 4.78 is 0. The number of phenolic OH excluding ortho intramolecular Hbond substituents is 2. The minimum Gasteiger partial charge on any atom is -0.508 e. The summed E-state index contributed by atoms with van der Waals surface area (Å²) in [6.45, 7) is 3.21. The highest BCUT2D eigenvalue weighted by Gasteiger charge is 2.37. The van der Waals surface area contributed by atoms with Crippen LogP contribution in [0.5, 0.6) is 11.5 Å². The standard InChI is InChI=1S/C68H88N14O15S/c1-4-39(2)59(82-66(94)55(33-43-36-72-48-15-9-8-14-47(43)48)80-63(91)52(74-57(85)35-70)30-40-12-6-5-7-13-40)67(95)77-49(16-10-11-28-69)60(88)75-50(25-26-58(86)87)61(89)78-54(32-42-19-23-46(84)24-20-42)65(93)79-53(31-41-17-21-45(83)22-18-41)64(92)76-51(27-29-98-3)62(90)81-56(68(96)97)34-44-37-71-38-73-44/h5-9,12-15,17-24,36-39,49-56,59,72,83-84H,4,10-11,16,25-35,69-70H2,1-3H3,(H,71,73)(H,74,85)(H,75,88)(H,76,92)(H,77,95)(H,78,89)(H,79,93)(H,80,91)(H,81,90)(H,82,94)(H,86,87)(H,96,97)/t39-,49-,50-,51-,52-,53-,54-,55-,56-,59-/m0/s1. The lowest BCUT2D eigenvalue weighted by molar-refractivity contribution is -0.142. The zero-order chi connectivity index (χ0) is 71.3. The number of nitrogens with two attached hydrogens (primary N) is 2. The summed E-state index contributed by atoms with van der Waals surface area (Å²) >= 11 is 1.34. The second-order valence-electron chi connectivity index (χ2n) is 23.7. The van der Waals surface area contributed by atoms with E-state index in [4.69, 9.17) is 11.5 Å². The number of amides is 9. The van der Waals surface area contributed by atoms with Gasteiger partial charge >= 0.3 is 11.9 Å². The van der Waals surface area contributed by atoms with E-state index in [9.17, 15) is 73.2 Å². The molecule has 0 saturated heterocycles. The number of rotatable bonds is 41. The molecule has 0 radical (unpaired) electrons. The molecule has 526 valence electrons. The molecule has 19 N–H and O–H groups in total. The Bertz CT molecular complexity index is 3640. The number of carboxylic acid groups (broad SMARTS) is 2. The van der Waals surface area contributed by atoms with E-state index in [0.29, 0.717) is 46.5 Å². The molecule has 0 bridgehead atoms. The van der Waals surface area contributed by atoms with Gasteiger partial charge in [0.1, 0.15) is 65.9 Å². The maximum Gasteiger partial charge on any atom is 0.326 e. The molecule has 98 heavy (non-hydrogen) atoms. The average molecular weight is 1370 g/mol. The number of carbonyl (C=O) groups is 11. The summed E-state index contributed by atoms with van der Waals surface area (Å²) in [6, 6.07) is 14.2. The number of H-pyrrole nitrogens is 2. The first-order valence-corrected chi connectivity index (χ1v) is 33.6. The Hall–Kier alpha value is -10.3. The molecule has 0 spiro atoms. The molecular formula is C68H88N14O15S. The van der Waals surface area contributed by atoms with Gasteiger partial charge in [-0.25, -0.2) is 9.78 Å². The minimum atomic E-state index is -1.73. The second kappa shape index (κ2) is 39.0. The Morgan fingerprint density at radius 2 is 0.980 bits per heavy atom. The number of phenols is 2. The Balaban J connectivity index is 1.27. The Kier molecular flexibility index (Phi) is 30.5. The summed E-state index contributed by atoms with van der Waals surface area (Å²) in [7, 11) is 0. The van der Waals surface area contributed by atoms with Gasteiger partial charge in [-0.3, -0.25) is 47.9 Å². The summed E-state index contributed by atoms with van der Waals surface area (Å²) in [5.74, 6) is -11.1. The lowest BCUT2D eigenvalue weighted by Gasteiger charge is -2.30. The number of thioether (sulfide) groups is 1. The van der Waals surface area contributed by atoms with Crippen molar-refractivity contribution in [3.8, 4) is 11.5 Å². The predicted octanol–water partition coefficient (Wildman–Crippen LogP) is 1.01. The molecule has 0 fully saturated rings. The summed E-state index contributed by atoms with van der Waals surface area (Å²) in [5, 5.41) is 65.0. The number of imidazole rings is 1. The van der Waals surface area contributed by atoms with Gasteiger partial charge in [-0.05, 0) is 109 Å². The van der Waals surface area contributed by atoms with Crippen LogP contribution in [0.1, 0.15) is 86.7 Å². The number of aromatic amines is 2. The molecule has 30 heteroatoms. The predicted molar refractivity (Wildman–Crippen MR) is 364 cm³/mol. The number of hydrogen-bond acceptors (Lipinski definition) is 17. The van der Waals surface area contributed by atoms with Crippen molar-refractivity contribution in [2.75, 3.05) is 25.1 Å². The second-order valence-corrected chi connectivity index (χ2v) is 24.7. The number of aromatic hydroxyl groups is 2. The lowest BCUT2D eigenvalue weighted by Crippen LogP contribution is -2.61. The number of benzene rings is 4. The molecule has 0 aliphatic carbocycles. The van der Waals surface area contributed by atoms with Crippen LogP contribution in [0.2, 0.25) is 0 Å². The van der Waals surface area contributed by atoms with Gasteiger partial charge in [0.05, 0.1) is 12.9 Å². The van der Waals surface area contributed by atoms with Gasteiger partial charge in [0.25, 0.3) is 0 Å². The van der Waals surface area contributed by atoms with Crippen molar-refractivity contribution in [1.29, 1.82) is 0 Å². The molecule has 9 amide bonds. The Morgan fingerprint density at radius 3 is 1.49 bits per heavy atom. The molecule has 2 heterocycles. The van der Waals surface area contributed by atoms with Gasteiger partial charge in [-0.1, -0.05) is 93.1 Å². The van der Waals surface area contributed by atoms with E-state index in [2.05, 4.69) is 62.8 Å². The number of aliphatic carboxylic acids is 2. The number of carbonyl (C=O) groups excluding carboxylic acids is 9. The molecule has 0 aliphatic rings. The highest BCUT2D eigenvalue weighted by Crippen LogP contribution is 2.21. The zero-order valence-electron chi connectivity index (χ0n) is 54.7. The molecule has 6 rings (SSSR count). The highest BCUT2D eigenvalue weighted by atomic mass is 32.2. The normalized spacial score (nSPS) is 14.2. The Labute approximate surface area is 570 Å². The highest BCUT2D eigenvalue weighted by molar-refractivity contribution is 7.98. The molecule has 4 aromatic carbocycles. The number of para-hydroxylation sites is 1. The number of hydrogen-bond donors (Lipinski definition) is 17. The molecule has 29 nitrogen and oxygen atoms in total. The van der Waals surface area contributed by atoms with Crippen LogP contribution in [-0.2, 0) is 84.8 Å². The molecule has 0 unspecified atom stereocenters. The van der Waals surface area contributed by atoms with Crippen molar-refractivity contribution in [3.05, 3.63) is 150 Å². The minimum absolute atomic E-state index is 0.00975. The van der Waals surface area contributed by atoms with Gasteiger partial charge in [-0.15, -0.1) is 0 Å². The van der Waals surface area contributed by atoms with Crippen LogP contribution >= 0.6 is 11.8 Å². The molecule has 0 aliphatic heterocycles. The first kappa shape index (κ1) is 76.7. The summed E-state index contributed by atoms with van der Waals surface area (Å²) in [4.78, 5) is 164. The molecule has 6 aromatic rings.